The van der Waals surface area contributed by atoms with Crippen molar-refractivity contribution in [1.82, 2.24) is 0 Å². The number of unbranched alkanes of at least 4 members (excludes halogenated alkanes) is 66. The first-order valence-corrected chi connectivity index (χ1v) is 49.8. The van der Waals surface area contributed by atoms with E-state index >= 15 is 4.57 Å². The number of hydrogen-bond donors (Lipinski definition) is 0. The van der Waals surface area contributed by atoms with Crippen molar-refractivity contribution in [3.05, 3.63) is 0 Å². The molecule has 0 saturated heterocycles. The van der Waals surface area contributed by atoms with Gasteiger partial charge < -0.3 is 0 Å². The van der Waals surface area contributed by atoms with Crippen LogP contribution in [-0.2, 0) is 18.1 Å². The van der Waals surface area contributed by atoms with Gasteiger partial charge in [-0.2, -0.15) is 0 Å². The van der Waals surface area contributed by atoms with Gasteiger partial charge in [-0.15, -0.1) is 0 Å². The van der Waals surface area contributed by atoms with E-state index in [1.165, 1.54) is 424 Å². The molecule has 101 heavy (non-hydrogen) atoms. The first kappa shape index (κ1) is 101. The lowest BCUT2D eigenvalue weighted by atomic mass is 9.85. The van der Waals surface area contributed by atoms with Crippen molar-refractivity contribution in [2.75, 3.05) is 0 Å². The molecule has 4 nitrogen and oxygen atoms in total. The van der Waals surface area contributed by atoms with Crippen LogP contribution in [-0.4, -0.2) is 16.8 Å². The van der Waals surface area contributed by atoms with Crippen LogP contribution in [0.2, 0.25) is 0 Å². The van der Waals surface area contributed by atoms with Crippen molar-refractivity contribution in [2.24, 2.45) is 0 Å². The normalized spacial score (nSPS) is 12.5. The lowest BCUT2D eigenvalue weighted by Crippen LogP contribution is -2.40. The summed E-state index contributed by atoms with van der Waals surface area (Å²) < 4.78 is 43.4. The van der Waals surface area contributed by atoms with Gasteiger partial charge in [0.05, 0.1) is 16.8 Å². The van der Waals surface area contributed by atoms with Gasteiger partial charge in [0.2, 0.25) is 0 Å². The zero-order chi connectivity index (χ0) is 73.5. The lowest BCUT2D eigenvalue weighted by Gasteiger charge is -2.45. The second-order valence-corrected chi connectivity index (χ2v) is 35.8. The number of phosphoric ester groups is 1. The summed E-state index contributed by atoms with van der Waals surface area (Å²) in [5, 5.41) is 0. The van der Waals surface area contributed by atoms with E-state index in [1.807, 2.05) is 0 Å². The van der Waals surface area contributed by atoms with Gasteiger partial charge in [0.1, 0.15) is 0 Å². The van der Waals surface area contributed by atoms with Gasteiger partial charge in [0.15, 0.2) is 0 Å². The standard InChI is InChI=1S/C96H195O4P/c1-10-19-28-37-46-55-64-73-82-91-94(85-76-67-58-49-40-31-22-13-4,86-77-68-59-50-41-32-23-14-5)98-101(97,99-95(87-78-69-60-51-42-33-24-15-6,88-79-70-61-52-43-34-25-16-7)92-83-74-65-56-47-38-29-20-11-2)100-96(89-80-71-62-53-44-35-26-17-8,90-81-72-63-54-45-36-27-18-9)93-84-75-66-57-48-39-30-21-12-3/h10-93H2,1-9H3. The monoisotopic (exact) mass is 1440 g/mol. The topological polar surface area (TPSA) is 44.8 Å². The van der Waals surface area contributed by atoms with Crippen LogP contribution in [0.4, 0.5) is 0 Å². The molecule has 0 aliphatic heterocycles. The fourth-order valence-electron chi connectivity index (χ4n) is 17.1. The Bertz CT molecular complexity index is 1350. The van der Waals surface area contributed by atoms with E-state index in [9.17, 15) is 0 Å². The van der Waals surface area contributed by atoms with Crippen molar-refractivity contribution >= 4 is 7.82 Å². The average Bonchev–Trinajstić information content (AvgIpc) is 0.779. The van der Waals surface area contributed by atoms with Crippen LogP contribution in [0, 0.1) is 0 Å². The Kier molecular flexibility index (Phi) is 79.7. The molecule has 0 amide bonds. The van der Waals surface area contributed by atoms with Crippen LogP contribution in [0.1, 0.15) is 602 Å². The molecule has 0 spiro atoms. The zero-order valence-corrected chi connectivity index (χ0v) is 72.9. The van der Waals surface area contributed by atoms with Gasteiger partial charge in [0.25, 0.3) is 0 Å². The summed E-state index contributed by atoms with van der Waals surface area (Å²) in [6.07, 6.45) is 107. The maximum atomic E-state index is 18.4. The number of rotatable bonds is 90. The van der Waals surface area contributed by atoms with Gasteiger partial charge >= 0.3 is 7.82 Å². The van der Waals surface area contributed by atoms with E-state index in [-0.39, 0.29) is 0 Å². The van der Waals surface area contributed by atoms with Gasteiger partial charge in [-0.25, -0.2) is 4.57 Å². The molecule has 0 fully saturated rings. The Morgan fingerprint density at radius 2 is 0.218 bits per heavy atom. The molecule has 0 bridgehead atoms. The molecule has 0 aromatic carbocycles. The SMILES string of the molecule is CCCCCCCCCCCC(CCCCCCCCCC)(CCCCCCCCCC)OP(=O)(OC(CCCCCCCCCC)(CCCCCCCCCC)CCCCCCCCCCC)OC(CCCCCCCCCC)(CCCCCCCCCC)CCCCCCCCCCC. The highest BCUT2D eigenvalue weighted by atomic mass is 31.2. The molecule has 0 unspecified atom stereocenters. The summed E-state index contributed by atoms with van der Waals surface area (Å²) in [5.74, 6) is 0. The van der Waals surface area contributed by atoms with Crippen LogP contribution in [0.25, 0.3) is 0 Å². The molecule has 0 N–H and O–H groups in total. The van der Waals surface area contributed by atoms with Gasteiger partial charge in [-0.1, -0.05) is 544 Å². The minimum absolute atomic E-state index is 0.526. The predicted molar refractivity (Wildman–Crippen MR) is 458 cm³/mol. The van der Waals surface area contributed by atoms with Crippen LogP contribution in [0.3, 0.4) is 0 Å². The summed E-state index contributed by atoms with van der Waals surface area (Å²) in [6.45, 7) is 21.2. The molecular formula is C96H195O4P. The zero-order valence-electron chi connectivity index (χ0n) is 72.0. The summed E-state index contributed by atoms with van der Waals surface area (Å²) in [4.78, 5) is 0. The molecular weight excluding hydrogens is 1250 g/mol. The second-order valence-electron chi connectivity index (χ2n) is 34.4. The van der Waals surface area contributed by atoms with Gasteiger partial charge in [-0.3, -0.25) is 13.6 Å². The van der Waals surface area contributed by atoms with Crippen molar-refractivity contribution in [3.63, 3.8) is 0 Å². The minimum Gasteiger partial charge on any atom is -0.280 e. The number of hydrogen-bond acceptors (Lipinski definition) is 4. The average molecular weight is 1440 g/mol. The highest BCUT2D eigenvalue weighted by Gasteiger charge is 2.50. The summed E-state index contributed by atoms with van der Waals surface area (Å²) >= 11 is 0. The van der Waals surface area contributed by atoms with Gasteiger partial charge in [-0.05, 0) is 57.8 Å². The van der Waals surface area contributed by atoms with E-state index in [1.54, 1.807) is 0 Å². The van der Waals surface area contributed by atoms with Crippen molar-refractivity contribution in [2.45, 2.75) is 618 Å². The van der Waals surface area contributed by atoms with Crippen LogP contribution in [0.5, 0.6) is 0 Å². The fraction of sp³-hybridized carbons (Fsp3) is 1.00. The molecule has 5 heteroatoms. The second kappa shape index (κ2) is 79.7. The minimum atomic E-state index is -4.26. The fourth-order valence-corrected chi connectivity index (χ4v) is 19.4. The third kappa shape index (κ3) is 66.8. The van der Waals surface area contributed by atoms with E-state index < -0.39 is 24.6 Å². The Labute approximate surface area is 640 Å². The molecule has 608 valence electrons. The molecule has 0 aliphatic rings. The third-order valence-electron chi connectivity index (χ3n) is 24.0. The molecule has 0 saturated carbocycles. The van der Waals surface area contributed by atoms with Crippen molar-refractivity contribution in [1.29, 1.82) is 0 Å². The molecule has 0 radical (unpaired) electrons. The third-order valence-corrected chi connectivity index (χ3v) is 25.9. The predicted octanol–water partition coefficient (Wildman–Crippen LogP) is 37.3. The van der Waals surface area contributed by atoms with Crippen molar-refractivity contribution in [3.8, 4) is 0 Å². The van der Waals surface area contributed by atoms with Gasteiger partial charge in [0, 0.05) is 0 Å². The quantitative estimate of drug-likeness (QED) is 0.0450. The Morgan fingerprint density at radius 3 is 0.307 bits per heavy atom. The smallest absolute Gasteiger partial charge is 0.280 e. The maximum Gasteiger partial charge on any atom is 0.476 e. The molecule has 0 aromatic heterocycles. The summed E-state index contributed by atoms with van der Waals surface area (Å²) in [6, 6.07) is 0. The van der Waals surface area contributed by atoms with Crippen LogP contribution in [0.15, 0.2) is 0 Å². The molecule has 0 aromatic rings. The summed E-state index contributed by atoms with van der Waals surface area (Å²) in [7, 11) is -4.26. The van der Waals surface area contributed by atoms with E-state index in [2.05, 4.69) is 62.3 Å². The van der Waals surface area contributed by atoms with Crippen LogP contribution < -0.4 is 0 Å². The number of phosphoric acid groups is 1. The first-order chi connectivity index (χ1) is 49.7. The lowest BCUT2D eigenvalue weighted by molar-refractivity contribution is -0.0910. The Hall–Kier alpha value is 0.110. The summed E-state index contributed by atoms with van der Waals surface area (Å²) in [5.41, 5.74) is -1.58. The molecule has 0 heterocycles. The van der Waals surface area contributed by atoms with E-state index in [0.717, 1.165) is 116 Å². The molecule has 0 rings (SSSR count). The Morgan fingerprint density at radius 1 is 0.139 bits per heavy atom. The largest absolute Gasteiger partial charge is 0.476 e. The van der Waals surface area contributed by atoms with Crippen LogP contribution >= 0.6 is 7.82 Å². The molecule has 0 aliphatic carbocycles. The Balaban J connectivity index is 8.79. The highest BCUT2D eigenvalue weighted by molar-refractivity contribution is 7.48. The maximum absolute atomic E-state index is 18.4. The first-order valence-electron chi connectivity index (χ1n) is 48.4. The molecule has 0 atom stereocenters. The van der Waals surface area contributed by atoms with E-state index in [4.69, 9.17) is 13.6 Å². The van der Waals surface area contributed by atoms with Crippen molar-refractivity contribution < 1.29 is 18.1 Å². The van der Waals surface area contributed by atoms with E-state index in [0.29, 0.717) is 0 Å². The highest BCUT2D eigenvalue weighted by Crippen LogP contribution is 2.64.